The highest BCUT2D eigenvalue weighted by atomic mass is 32.2. The molecule has 1 saturated carbocycles. The molecule has 0 spiro atoms. The number of nitrogens with one attached hydrogen (secondary N) is 2. The molecule has 1 aliphatic carbocycles. The van der Waals surface area contributed by atoms with Gasteiger partial charge in [0.05, 0.1) is 0 Å². The van der Waals surface area contributed by atoms with E-state index in [0.717, 1.165) is 25.8 Å². The summed E-state index contributed by atoms with van der Waals surface area (Å²) in [7, 11) is -3.37. The van der Waals surface area contributed by atoms with E-state index in [0.29, 0.717) is 19.1 Å². The van der Waals surface area contributed by atoms with Crippen LogP contribution in [-0.2, 0) is 10.2 Å². The van der Waals surface area contributed by atoms with Gasteiger partial charge < -0.3 is 5.32 Å². The topological polar surface area (TPSA) is 61.4 Å². The lowest BCUT2D eigenvalue weighted by molar-refractivity contribution is 0.242. The minimum atomic E-state index is -3.37. The molecule has 0 aromatic heterocycles. The molecule has 1 atom stereocenters. The van der Waals surface area contributed by atoms with Gasteiger partial charge >= 0.3 is 0 Å². The van der Waals surface area contributed by atoms with Crippen LogP contribution in [0, 0.1) is 0 Å². The molecule has 1 aliphatic heterocycles. The van der Waals surface area contributed by atoms with E-state index in [4.69, 9.17) is 0 Å². The number of rotatable bonds is 8. The van der Waals surface area contributed by atoms with Crippen molar-refractivity contribution in [3.8, 4) is 0 Å². The fourth-order valence-corrected chi connectivity index (χ4v) is 4.46. The maximum absolute atomic E-state index is 12.6. The monoisotopic (exact) mass is 335 g/mol. The Morgan fingerprint density at radius 2 is 1.95 bits per heavy atom. The van der Waals surface area contributed by atoms with Gasteiger partial charge in [0.1, 0.15) is 0 Å². The fourth-order valence-electron chi connectivity index (χ4n) is 2.50. The highest BCUT2D eigenvalue weighted by Gasteiger charge is 2.34. The maximum Gasteiger partial charge on any atom is 0.279 e. The second-order valence-corrected chi connectivity index (χ2v) is 9.95. The zero-order chi connectivity index (χ0) is 15.5. The van der Waals surface area contributed by atoms with Gasteiger partial charge in [-0.15, -0.1) is 0 Å². The zero-order valence-electron chi connectivity index (χ0n) is 13.4. The average molecular weight is 336 g/mol. The maximum atomic E-state index is 12.6. The molecule has 1 saturated heterocycles. The van der Waals surface area contributed by atoms with E-state index in [-0.39, 0.29) is 10.8 Å². The summed E-state index contributed by atoms with van der Waals surface area (Å²) in [4.78, 5) is 0. The quantitative estimate of drug-likeness (QED) is 0.707. The number of piperidine rings is 1. The van der Waals surface area contributed by atoms with Crippen molar-refractivity contribution in [2.45, 2.75) is 62.8 Å². The first-order valence-corrected chi connectivity index (χ1v) is 10.6. The third-order valence-corrected chi connectivity index (χ3v) is 7.19. The minimum absolute atomic E-state index is 0.0788. The van der Waals surface area contributed by atoms with Gasteiger partial charge in [0.25, 0.3) is 10.2 Å². The van der Waals surface area contributed by atoms with Crippen LogP contribution in [0.15, 0.2) is 0 Å². The molecule has 2 fully saturated rings. The largest absolute Gasteiger partial charge is 0.312 e. The summed E-state index contributed by atoms with van der Waals surface area (Å²) in [6.07, 6.45) is 7.54. The van der Waals surface area contributed by atoms with Crippen LogP contribution in [0.3, 0.4) is 0 Å². The molecule has 2 N–H and O–H groups in total. The first-order chi connectivity index (χ1) is 9.84. The van der Waals surface area contributed by atoms with Gasteiger partial charge in [-0.05, 0) is 45.8 Å². The van der Waals surface area contributed by atoms with Crippen LogP contribution in [0.25, 0.3) is 0 Å². The molecule has 5 nitrogen and oxygen atoms in total. The zero-order valence-corrected chi connectivity index (χ0v) is 15.0. The van der Waals surface area contributed by atoms with Crippen LogP contribution in [0.1, 0.15) is 46.0 Å². The third-order valence-electron chi connectivity index (χ3n) is 4.33. The van der Waals surface area contributed by atoms with Crippen LogP contribution in [0.5, 0.6) is 0 Å². The van der Waals surface area contributed by atoms with Crippen molar-refractivity contribution in [3.63, 3.8) is 0 Å². The van der Waals surface area contributed by atoms with Gasteiger partial charge in [0.2, 0.25) is 0 Å². The summed E-state index contributed by atoms with van der Waals surface area (Å²) in [5.74, 6) is 0. The Hall–Kier alpha value is 0.180. The fraction of sp³-hybridized carbons (Fsp3) is 1.00. The van der Waals surface area contributed by atoms with Crippen molar-refractivity contribution < 1.29 is 8.42 Å². The Morgan fingerprint density at radius 1 is 1.24 bits per heavy atom. The summed E-state index contributed by atoms with van der Waals surface area (Å²) in [6, 6.07) is 0.731. The second kappa shape index (κ2) is 7.17. The summed E-state index contributed by atoms with van der Waals surface area (Å²) in [6.45, 7) is 6.02. The Balaban J connectivity index is 1.93. The summed E-state index contributed by atoms with van der Waals surface area (Å²) >= 11 is 1.68. The minimum Gasteiger partial charge on any atom is -0.312 e. The smallest absolute Gasteiger partial charge is 0.279 e. The molecular weight excluding hydrogens is 306 g/mol. The van der Waals surface area contributed by atoms with E-state index < -0.39 is 10.2 Å². The van der Waals surface area contributed by atoms with Gasteiger partial charge in [0, 0.05) is 36.5 Å². The molecule has 1 unspecified atom stereocenters. The van der Waals surface area contributed by atoms with Crippen LogP contribution in [-0.4, -0.2) is 55.4 Å². The molecule has 2 rings (SSSR count). The van der Waals surface area contributed by atoms with E-state index >= 15 is 0 Å². The molecule has 21 heavy (non-hydrogen) atoms. The normalized spacial score (nSPS) is 25.2. The van der Waals surface area contributed by atoms with E-state index in [9.17, 15) is 8.42 Å². The first-order valence-electron chi connectivity index (χ1n) is 7.89. The lowest BCUT2D eigenvalue weighted by Crippen LogP contribution is -2.54. The lowest BCUT2D eigenvalue weighted by Gasteiger charge is -2.35. The molecule has 1 heterocycles. The number of hydrogen-bond acceptors (Lipinski definition) is 4. The molecular formula is C14H29N3O2S2. The number of nitrogens with zero attached hydrogens (tertiary/aromatic N) is 1. The predicted octanol–water partition coefficient (Wildman–Crippen LogP) is 1.57. The predicted molar refractivity (Wildman–Crippen MR) is 89.9 cm³/mol. The SMILES string of the molecule is CSC(C)(C)CNS(=O)(=O)N1CCCCC1CNC1CC1. The number of thioether (sulfide) groups is 1. The van der Waals surface area contributed by atoms with Crippen LogP contribution in [0.4, 0.5) is 0 Å². The number of hydrogen-bond donors (Lipinski definition) is 2. The summed E-state index contributed by atoms with van der Waals surface area (Å²) in [5.41, 5.74) is 0. The molecule has 0 bridgehead atoms. The highest BCUT2D eigenvalue weighted by Crippen LogP contribution is 2.24. The van der Waals surface area contributed by atoms with Crippen molar-refractivity contribution in [3.05, 3.63) is 0 Å². The third kappa shape index (κ3) is 5.39. The van der Waals surface area contributed by atoms with E-state index in [1.54, 1.807) is 16.1 Å². The van der Waals surface area contributed by atoms with Gasteiger partial charge in [-0.25, -0.2) is 4.72 Å². The standard InChI is InChI=1S/C14H29N3O2S2/c1-14(2,20-3)11-16-21(18,19)17-9-5-4-6-13(17)10-15-12-7-8-12/h12-13,15-16H,4-11H2,1-3H3. The van der Waals surface area contributed by atoms with Crippen molar-refractivity contribution in [1.82, 2.24) is 14.3 Å². The first kappa shape index (κ1) is 17.5. The Morgan fingerprint density at radius 3 is 2.57 bits per heavy atom. The molecule has 0 aromatic carbocycles. The van der Waals surface area contributed by atoms with Crippen molar-refractivity contribution >= 4 is 22.0 Å². The van der Waals surface area contributed by atoms with Gasteiger partial charge in [-0.1, -0.05) is 6.42 Å². The Labute approximate surface area is 133 Å². The summed E-state index contributed by atoms with van der Waals surface area (Å²) in [5, 5.41) is 3.47. The average Bonchev–Trinajstić information content (AvgIpc) is 3.28. The Kier molecular flexibility index (Phi) is 5.99. The molecule has 0 amide bonds. The summed E-state index contributed by atoms with van der Waals surface area (Å²) < 4.78 is 29.6. The van der Waals surface area contributed by atoms with E-state index in [2.05, 4.69) is 23.9 Å². The Bertz CT molecular complexity index is 436. The van der Waals surface area contributed by atoms with Gasteiger partial charge in [-0.3, -0.25) is 0 Å². The lowest BCUT2D eigenvalue weighted by atomic mass is 10.1. The van der Waals surface area contributed by atoms with E-state index in [1.807, 2.05) is 6.26 Å². The van der Waals surface area contributed by atoms with Gasteiger partial charge in [0.15, 0.2) is 0 Å². The highest BCUT2D eigenvalue weighted by molar-refractivity contribution is 8.00. The van der Waals surface area contributed by atoms with Crippen LogP contribution >= 0.6 is 11.8 Å². The van der Waals surface area contributed by atoms with Gasteiger partial charge in [-0.2, -0.15) is 24.5 Å². The second-order valence-electron chi connectivity index (χ2n) is 6.73. The van der Waals surface area contributed by atoms with E-state index in [1.165, 1.54) is 12.8 Å². The van der Waals surface area contributed by atoms with Crippen LogP contribution < -0.4 is 10.0 Å². The molecule has 0 radical (unpaired) electrons. The molecule has 0 aromatic rings. The molecule has 124 valence electrons. The van der Waals surface area contributed by atoms with Crippen LogP contribution in [0.2, 0.25) is 0 Å². The van der Waals surface area contributed by atoms with Crippen molar-refractivity contribution in [2.24, 2.45) is 0 Å². The van der Waals surface area contributed by atoms with Crippen molar-refractivity contribution in [2.75, 3.05) is 25.9 Å². The molecule has 2 aliphatic rings. The van der Waals surface area contributed by atoms with Crippen molar-refractivity contribution in [1.29, 1.82) is 0 Å². The molecule has 7 heteroatoms.